The van der Waals surface area contributed by atoms with Gasteiger partial charge >= 0.3 is 11.8 Å². The quantitative estimate of drug-likeness (QED) is 0.702. The van der Waals surface area contributed by atoms with Gasteiger partial charge in [-0.1, -0.05) is 49.2 Å². The third-order valence-electron chi connectivity index (χ3n) is 4.74. The minimum atomic E-state index is -0.930. The standard InChI is InChI=1S/C22H24N2O2/c1-5-19-20(6-2)24(18-13-9-16(4)10-14-18)21(22(25)26)23(19)17-11-7-15(3)8-12-17/h7-14H,5-6H2,1-4H3/p+1. The molecule has 0 radical (unpaired) electrons. The number of nitrogens with zero attached hydrogens (tertiary/aromatic N) is 2. The van der Waals surface area contributed by atoms with Crippen molar-refractivity contribution in [2.24, 2.45) is 0 Å². The van der Waals surface area contributed by atoms with Crippen LogP contribution < -0.4 is 4.57 Å². The van der Waals surface area contributed by atoms with Crippen molar-refractivity contribution in [2.45, 2.75) is 40.5 Å². The Morgan fingerprint density at radius 2 is 1.46 bits per heavy atom. The molecule has 0 aliphatic carbocycles. The molecule has 134 valence electrons. The van der Waals surface area contributed by atoms with Gasteiger partial charge in [-0.3, -0.25) is 0 Å². The molecule has 4 heteroatoms. The van der Waals surface area contributed by atoms with Crippen molar-refractivity contribution in [2.75, 3.05) is 0 Å². The van der Waals surface area contributed by atoms with Gasteiger partial charge in [0.1, 0.15) is 11.4 Å². The van der Waals surface area contributed by atoms with Gasteiger partial charge in [0.25, 0.3) is 0 Å². The van der Waals surface area contributed by atoms with Crippen molar-refractivity contribution in [3.8, 4) is 11.4 Å². The van der Waals surface area contributed by atoms with Gasteiger partial charge in [0.2, 0.25) is 0 Å². The summed E-state index contributed by atoms with van der Waals surface area (Å²) in [4.78, 5) is 12.3. The van der Waals surface area contributed by atoms with Gasteiger partial charge in [0.05, 0.1) is 0 Å². The molecule has 0 spiro atoms. The molecule has 0 aliphatic rings. The molecule has 0 saturated carbocycles. The van der Waals surface area contributed by atoms with E-state index in [4.69, 9.17) is 0 Å². The second-order valence-electron chi connectivity index (χ2n) is 6.57. The predicted molar refractivity (Wildman–Crippen MR) is 102 cm³/mol. The van der Waals surface area contributed by atoms with Gasteiger partial charge in [0, 0.05) is 12.8 Å². The first-order valence-corrected chi connectivity index (χ1v) is 9.03. The fraction of sp³-hybridized carbons (Fsp3) is 0.273. The Labute approximate surface area is 154 Å². The number of imidazole rings is 1. The van der Waals surface area contributed by atoms with Crippen molar-refractivity contribution in [1.29, 1.82) is 0 Å². The molecule has 0 amide bonds. The number of aryl methyl sites for hydroxylation is 2. The van der Waals surface area contributed by atoms with Crippen LogP contribution in [0.2, 0.25) is 0 Å². The molecule has 26 heavy (non-hydrogen) atoms. The smallest absolute Gasteiger partial charge is 0.420 e. The average molecular weight is 349 g/mol. The summed E-state index contributed by atoms with van der Waals surface area (Å²) in [5.74, 6) is -0.660. The van der Waals surface area contributed by atoms with Crippen LogP contribution >= 0.6 is 0 Å². The predicted octanol–water partition coefficient (Wildman–Crippen LogP) is 4.19. The van der Waals surface area contributed by atoms with E-state index in [-0.39, 0.29) is 5.82 Å². The van der Waals surface area contributed by atoms with E-state index in [2.05, 4.69) is 13.8 Å². The zero-order valence-corrected chi connectivity index (χ0v) is 15.8. The summed E-state index contributed by atoms with van der Waals surface area (Å²) in [6.07, 6.45) is 1.52. The first kappa shape index (κ1) is 17.9. The molecule has 4 nitrogen and oxygen atoms in total. The first-order chi connectivity index (χ1) is 12.5. The summed E-state index contributed by atoms with van der Waals surface area (Å²) in [5, 5.41) is 10.1. The Morgan fingerprint density at radius 1 is 0.923 bits per heavy atom. The topological polar surface area (TPSA) is 46.1 Å². The maximum Gasteiger partial charge on any atom is 0.420 e. The summed E-state index contributed by atoms with van der Waals surface area (Å²) >= 11 is 0. The Hall–Kier alpha value is -2.88. The zero-order valence-electron chi connectivity index (χ0n) is 15.8. The summed E-state index contributed by atoms with van der Waals surface area (Å²) in [6.45, 7) is 8.21. The molecule has 2 aromatic carbocycles. The highest BCUT2D eigenvalue weighted by Crippen LogP contribution is 2.22. The highest BCUT2D eigenvalue weighted by atomic mass is 16.4. The summed E-state index contributed by atoms with van der Waals surface area (Å²) in [5.41, 5.74) is 6.13. The molecule has 0 fully saturated rings. The molecule has 3 aromatic rings. The van der Waals surface area contributed by atoms with Gasteiger partial charge in [0.15, 0.2) is 11.4 Å². The van der Waals surface area contributed by atoms with Crippen molar-refractivity contribution in [1.82, 2.24) is 4.57 Å². The van der Waals surface area contributed by atoms with E-state index in [1.807, 2.05) is 71.5 Å². The molecular weight excluding hydrogens is 324 g/mol. The number of aromatic carboxylic acids is 1. The van der Waals surface area contributed by atoms with Crippen LogP contribution in [0, 0.1) is 13.8 Å². The lowest BCUT2D eigenvalue weighted by Crippen LogP contribution is -2.40. The van der Waals surface area contributed by atoms with Crippen LogP contribution in [0.4, 0.5) is 0 Å². The van der Waals surface area contributed by atoms with E-state index < -0.39 is 5.97 Å². The Balaban J connectivity index is 2.38. The minimum absolute atomic E-state index is 0.270. The zero-order chi connectivity index (χ0) is 18.8. The van der Waals surface area contributed by atoms with Gasteiger partial charge in [-0.25, -0.2) is 4.79 Å². The maximum atomic E-state index is 12.3. The van der Waals surface area contributed by atoms with Crippen LogP contribution in [0.25, 0.3) is 11.4 Å². The van der Waals surface area contributed by atoms with Crippen molar-refractivity contribution in [3.05, 3.63) is 76.9 Å². The lowest BCUT2D eigenvalue weighted by molar-refractivity contribution is -0.606. The molecule has 1 aromatic heterocycles. The largest absolute Gasteiger partial charge is 0.472 e. The Kier molecular flexibility index (Phi) is 4.94. The SMILES string of the molecule is CCc1c(CC)[n+](-c2ccc(C)cc2)c(C(=O)O)n1-c1ccc(C)cc1. The number of hydrogen-bond acceptors (Lipinski definition) is 1. The number of carboxylic acids is 1. The first-order valence-electron chi connectivity index (χ1n) is 9.03. The second kappa shape index (κ2) is 7.16. The third kappa shape index (κ3) is 3.03. The van der Waals surface area contributed by atoms with Gasteiger partial charge in [-0.15, -0.1) is 0 Å². The molecule has 3 rings (SSSR count). The van der Waals surface area contributed by atoms with E-state index in [0.29, 0.717) is 0 Å². The lowest BCUT2D eigenvalue weighted by Gasteiger charge is -2.04. The van der Waals surface area contributed by atoms with Crippen LogP contribution in [-0.4, -0.2) is 15.6 Å². The molecule has 1 heterocycles. The van der Waals surface area contributed by atoms with E-state index in [1.165, 1.54) is 0 Å². The van der Waals surface area contributed by atoms with Crippen LogP contribution in [0.3, 0.4) is 0 Å². The fourth-order valence-electron chi connectivity index (χ4n) is 3.47. The summed E-state index contributed by atoms with van der Waals surface area (Å²) < 4.78 is 3.78. The molecule has 1 N–H and O–H groups in total. The average Bonchev–Trinajstić information content (AvgIpc) is 2.97. The van der Waals surface area contributed by atoms with E-state index in [1.54, 1.807) is 0 Å². The number of rotatable bonds is 5. The molecule has 0 atom stereocenters. The number of carboxylic acid groups (broad SMARTS) is 1. The summed E-state index contributed by atoms with van der Waals surface area (Å²) in [6, 6.07) is 16.0. The third-order valence-corrected chi connectivity index (χ3v) is 4.74. The second-order valence-corrected chi connectivity index (χ2v) is 6.57. The molecule has 0 saturated heterocycles. The number of benzene rings is 2. The van der Waals surface area contributed by atoms with Crippen LogP contribution in [0.1, 0.15) is 47.0 Å². The highest BCUT2D eigenvalue weighted by molar-refractivity contribution is 5.83. The normalized spacial score (nSPS) is 10.9. The number of aromatic nitrogens is 2. The van der Waals surface area contributed by atoms with Crippen LogP contribution in [0.15, 0.2) is 48.5 Å². The van der Waals surface area contributed by atoms with Crippen molar-refractivity contribution < 1.29 is 14.5 Å². The summed E-state index contributed by atoms with van der Waals surface area (Å²) in [7, 11) is 0. The van der Waals surface area contributed by atoms with Crippen molar-refractivity contribution in [3.63, 3.8) is 0 Å². The molecule has 0 aliphatic heterocycles. The monoisotopic (exact) mass is 349 g/mol. The number of hydrogen-bond donors (Lipinski definition) is 1. The molecule has 0 unspecified atom stereocenters. The van der Waals surface area contributed by atoms with Gasteiger partial charge < -0.3 is 5.11 Å². The Bertz CT molecular complexity index is 865. The van der Waals surface area contributed by atoms with E-state index in [0.717, 1.165) is 46.7 Å². The van der Waals surface area contributed by atoms with Crippen LogP contribution in [0.5, 0.6) is 0 Å². The Morgan fingerprint density at radius 3 is 1.92 bits per heavy atom. The molecule has 0 bridgehead atoms. The fourth-order valence-corrected chi connectivity index (χ4v) is 3.47. The van der Waals surface area contributed by atoms with Crippen LogP contribution in [-0.2, 0) is 12.8 Å². The van der Waals surface area contributed by atoms with Gasteiger partial charge in [-0.2, -0.15) is 9.13 Å². The van der Waals surface area contributed by atoms with Crippen molar-refractivity contribution >= 4 is 5.97 Å². The van der Waals surface area contributed by atoms with Gasteiger partial charge in [-0.05, 0) is 38.1 Å². The maximum absolute atomic E-state index is 12.3. The van der Waals surface area contributed by atoms with E-state index in [9.17, 15) is 9.90 Å². The minimum Gasteiger partial charge on any atom is -0.472 e. The highest BCUT2D eigenvalue weighted by Gasteiger charge is 2.35. The molecular formula is C22H25N2O2+. The number of carbonyl (C=O) groups is 1. The van der Waals surface area contributed by atoms with E-state index >= 15 is 0 Å². The lowest BCUT2D eigenvalue weighted by atomic mass is 10.1.